The third-order valence-electron chi connectivity index (χ3n) is 3.34. The standard InChI is InChI=1S/C18H28N2O4/c1-7-23-15(21)18(19,16(22)24-17(2,3)4)12-13-8-10-14(11-9-13)20(5)6/h8-11H,7,12,19H2,1-6H3/t18-/m0/s1. The minimum Gasteiger partial charge on any atom is -0.464 e. The number of rotatable bonds is 6. The molecule has 0 aromatic heterocycles. The zero-order valence-corrected chi connectivity index (χ0v) is 15.4. The van der Waals surface area contributed by atoms with Gasteiger partial charge in [0, 0.05) is 26.2 Å². The highest BCUT2D eigenvalue weighted by Gasteiger charge is 2.46. The Balaban J connectivity index is 3.09. The lowest BCUT2D eigenvalue weighted by Crippen LogP contribution is -2.59. The minimum atomic E-state index is -1.87. The molecule has 0 saturated heterocycles. The van der Waals surface area contributed by atoms with E-state index in [1.807, 2.05) is 43.3 Å². The molecule has 0 amide bonds. The van der Waals surface area contributed by atoms with Crippen molar-refractivity contribution in [2.45, 2.75) is 45.3 Å². The van der Waals surface area contributed by atoms with Gasteiger partial charge >= 0.3 is 11.9 Å². The van der Waals surface area contributed by atoms with Gasteiger partial charge in [-0.15, -0.1) is 0 Å². The van der Waals surface area contributed by atoms with E-state index in [1.54, 1.807) is 27.7 Å². The van der Waals surface area contributed by atoms with Crippen LogP contribution in [0.5, 0.6) is 0 Å². The normalized spacial score (nSPS) is 13.8. The molecule has 6 heteroatoms. The van der Waals surface area contributed by atoms with Crippen LogP contribution in [0.1, 0.15) is 33.3 Å². The van der Waals surface area contributed by atoms with Crippen molar-refractivity contribution >= 4 is 17.6 Å². The van der Waals surface area contributed by atoms with Gasteiger partial charge in [-0.2, -0.15) is 0 Å². The zero-order valence-electron chi connectivity index (χ0n) is 15.4. The summed E-state index contributed by atoms with van der Waals surface area (Å²) in [5.41, 5.74) is 5.29. The highest BCUT2D eigenvalue weighted by atomic mass is 16.6. The van der Waals surface area contributed by atoms with Crippen LogP contribution in [-0.4, -0.2) is 43.8 Å². The molecular weight excluding hydrogens is 308 g/mol. The van der Waals surface area contributed by atoms with E-state index in [4.69, 9.17) is 15.2 Å². The number of carbonyl (C=O) groups is 2. The SMILES string of the molecule is CCOC(=O)[C@@](N)(Cc1ccc(N(C)C)cc1)C(=O)OC(C)(C)C. The molecule has 0 spiro atoms. The van der Waals surface area contributed by atoms with Gasteiger partial charge in [0.1, 0.15) is 5.60 Å². The Morgan fingerprint density at radius 2 is 1.62 bits per heavy atom. The van der Waals surface area contributed by atoms with Gasteiger partial charge in [-0.1, -0.05) is 12.1 Å². The lowest BCUT2D eigenvalue weighted by Gasteiger charge is -2.29. The Bertz CT molecular complexity index is 576. The average molecular weight is 336 g/mol. The Labute approximate surface area is 143 Å². The van der Waals surface area contributed by atoms with E-state index in [0.717, 1.165) is 11.3 Å². The number of nitrogens with two attached hydrogens (primary N) is 1. The smallest absolute Gasteiger partial charge is 0.338 e. The van der Waals surface area contributed by atoms with Crippen molar-refractivity contribution in [2.75, 3.05) is 25.6 Å². The molecule has 24 heavy (non-hydrogen) atoms. The van der Waals surface area contributed by atoms with Gasteiger partial charge in [0.05, 0.1) is 6.61 Å². The first kappa shape index (κ1) is 20.0. The summed E-state index contributed by atoms with van der Waals surface area (Å²) in [5, 5.41) is 0. The van der Waals surface area contributed by atoms with Crippen LogP contribution < -0.4 is 10.6 Å². The van der Waals surface area contributed by atoms with Crippen LogP contribution in [0, 0.1) is 0 Å². The van der Waals surface area contributed by atoms with E-state index in [2.05, 4.69) is 0 Å². The minimum absolute atomic E-state index is 0.00839. The van der Waals surface area contributed by atoms with Gasteiger partial charge in [0.15, 0.2) is 0 Å². The number of hydrogen-bond acceptors (Lipinski definition) is 6. The molecule has 0 fully saturated rings. The molecule has 0 radical (unpaired) electrons. The van der Waals surface area contributed by atoms with Crippen LogP contribution in [0.2, 0.25) is 0 Å². The fourth-order valence-electron chi connectivity index (χ4n) is 2.09. The lowest BCUT2D eigenvalue weighted by molar-refractivity contribution is -0.171. The molecule has 0 aliphatic heterocycles. The number of benzene rings is 1. The summed E-state index contributed by atoms with van der Waals surface area (Å²) in [6.07, 6.45) is 0.00839. The van der Waals surface area contributed by atoms with E-state index in [1.165, 1.54) is 0 Å². The summed E-state index contributed by atoms with van der Waals surface area (Å²) in [7, 11) is 3.86. The molecule has 1 atom stereocenters. The Morgan fingerprint density at radius 1 is 1.08 bits per heavy atom. The van der Waals surface area contributed by atoms with Crippen LogP contribution in [0.3, 0.4) is 0 Å². The van der Waals surface area contributed by atoms with Crippen molar-refractivity contribution in [2.24, 2.45) is 5.73 Å². The van der Waals surface area contributed by atoms with E-state index >= 15 is 0 Å². The molecule has 0 aliphatic carbocycles. The monoisotopic (exact) mass is 336 g/mol. The maximum atomic E-state index is 12.5. The highest BCUT2D eigenvalue weighted by molar-refractivity contribution is 6.05. The molecule has 6 nitrogen and oxygen atoms in total. The van der Waals surface area contributed by atoms with Gasteiger partial charge < -0.3 is 20.1 Å². The molecule has 2 N–H and O–H groups in total. The van der Waals surface area contributed by atoms with Crippen LogP contribution >= 0.6 is 0 Å². The van der Waals surface area contributed by atoms with Crippen LogP contribution in [0.4, 0.5) is 5.69 Å². The third kappa shape index (κ3) is 5.23. The van der Waals surface area contributed by atoms with Gasteiger partial charge in [0.2, 0.25) is 5.54 Å². The van der Waals surface area contributed by atoms with Crippen LogP contribution in [0.25, 0.3) is 0 Å². The molecule has 1 aromatic carbocycles. The summed E-state index contributed by atoms with van der Waals surface area (Å²) >= 11 is 0. The number of nitrogens with zero attached hydrogens (tertiary/aromatic N) is 1. The average Bonchev–Trinajstić information content (AvgIpc) is 2.46. The van der Waals surface area contributed by atoms with Crippen molar-refractivity contribution < 1.29 is 19.1 Å². The molecule has 1 aromatic rings. The third-order valence-corrected chi connectivity index (χ3v) is 3.34. The molecule has 134 valence electrons. The predicted octanol–water partition coefficient (Wildman–Crippen LogP) is 1.90. The highest BCUT2D eigenvalue weighted by Crippen LogP contribution is 2.21. The van der Waals surface area contributed by atoms with E-state index in [9.17, 15) is 9.59 Å². The van der Waals surface area contributed by atoms with Crippen molar-refractivity contribution in [1.29, 1.82) is 0 Å². The second-order valence-corrected chi connectivity index (χ2v) is 6.93. The summed E-state index contributed by atoms with van der Waals surface area (Å²) in [6.45, 7) is 6.98. The van der Waals surface area contributed by atoms with E-state index in [0.29, 0.717) is 0 Å². The van der Waals surface area contributed by atoms with E-state index in [-0.39, 0.29) is 13.0 Å². The molecule has 1 rings (SSSR count). The van der Waals surface area contributed by atoms with Gasteiger partial charge in [-0.05, 0) is 45.4 Å². The van der Waals surface area contributed by atoms with Gasteiger partial charge in [-0.3, -0.25) is 0 Å². The Hall–Kier alpha value is -2.08. The summed E-state index contributed by atoms with van der Waals surface area (Å²) in [6, 6.07) is 7.47. The fraction of sp³-hybridized carbons (Fsp3) is 0.556. The molecule has 0 unspecified atom stereocenters. The topological polar surface area (TPSA) is 81.9 Å². The summed E-state index contributed by atoms with van der Waals surface area (Å²) in [4.78, 5) is 26.8. The number of hydrogen-bond donors (Lipinski definition) is 1. The summed E-state index contributed by atoms with van der Waals surface area (Å²) < 4.78 is 10.3. The quantitative estimate of drug-likeness (QED) is 0.631. The lowest BCUT2D eigenvalue weighted by atomic mass is 9.91. The largest absolute Gasteiger partial charge is 0.464 e. The van der Waals surface area contributed by atoms with Crippen molar-refractivity contribution in [3.63, 3.8) is 0 Å². The molecule has 0 aliphatic rings. The Kier molecular flexibility index (Phi) is 6.37. The molecule has 0 heterocycles. The number of ether oxygens (including phenoxy) is 2. The molecular formula is C18H28N2O4. The number of carbonyl (C=O) groups excluding carboxylic acids is 2. The van der Waals surface area contributed by atoms with E-state index < -0.39 is 23.1 Å². The maximum absolute atomic E-state index is 12.5. The maximum Gasteiger partial charge on any atom is 0.338 e. The van der Waals surface area contributed by atoms with Crippen LogP contribution in [-0.2, 0) is 25.5 Å². The van der Waals surface area contributed by atoms with Crippen molar-refractivity contribution in [3.05, 3.63) is 29.8 Å². The summed E-state index contributed by atoms with van der Waals surface area (Å²) in [5.74, 6) is -1.57. The predicted molar refractivity (Wildman–Crippen MR) is 93.9 cm³/mol. The second-order valence-electron chi connectivity index (χ2n) is 6.93. The number of anilines is 1. The first-order valence-electron chi connectivity index (χ1n) is 7.95. The zero-order chi connectivity index (χ0) is 18.5. The Morgan fingerprint density at radius 3 is 2.04 bits per heavy atom. The van der Waals surface area contributed by atoms with Crippen molar-refractivity contribution in [3.8, 4) is 0 Å². The van der Waals surface area contributed by atoms with Gasteiger partial charge in [0.25, 0.3) is 0 Å². The van der Waals surface area contributed by atoms with Crippen LogP contribution in [0.15, 0.2) is 24.3 Å². The second kappa shape index (κ2) is 7.66. The fourth-order valence-corrected chi connectivity index (χ4v) is 2.09. The van der Waals surface area contributed by atoms with Crippen molar-refractivity contribution in [1.82, 2.24) is 0 Å². The van der Waals surface area contributed by atoms with Gasteiger partial charge in [-0.25, -0.2) is 9.59 Å². The molecule has 0 saturated carbocycles. The first-order chi connectivity index (χ1) is 11.0. The molecule has 0 bridgehead atoms. The first-order valence-corrected chi connectivity index (χ1v) is 7.95. The number of esters is 2.